The minimum absolute atomic E-state index is 0.420. The molecule has 19 heavy (non-hydrogen) atoms. The second-order valence-electron chi connectivity index (χ2n) is 5.80. The minimum atomic E-state index is 0.420. The molecule has 0 radical (unpaired) electrons. The summed E-state index contributed by atoms with van der Waals surface area (Å²) in [6.07, 6.45) is 10.7. The van der Waals surface area contributed by atoms with Crippen LogP contribution in [0.5, 0.6) is 0 Å². The van der Waals surface area contributed by atoms with E-state index < -0.39 is 0 Å². The molecule has 1 aliphatic carbocycles. The normalized spacial score (nSPS) is 19.9. The maximum Gasteiger partial charge on any atom is 0.121 e. The Balaban J connectivity index is 2.08. The molecule has 2 heteroatoms. The zero-order valence-electron chi connectivity index (χ0n) is 12.6. The van der Waals surface area contributed by atoms with Gasteiger partial charge in [0.25, 0.3) is 0 Å². The molecule has 2 rings (SSSR count). The lowest BCUT2D eigenvalue weighted by Crippen LogP contribution is -2.28. The smallest absolute Gasteiger partial charge is 0.121 e. The van der Waals surface area contributed by atoms with Gasteiger partial charge in [-0.15, -0.1) is 0 Å². The molecule has 1 heterocycles. The fourth-order valence-corrected chi connectivity index (χ4v) is 3.29. The number of nitrogens with one attached hydrogen (secondary N) is 1. The number of hydrogen-bond donors (Lipinski definition) is 1. The van der Waals surface area contributed by atoms with Gasteiger partial charge in [0.2, 0.25) is 0 Å². The van der Waals surface area contributed by atoms with E-state index in [0.29, 0.717) is 6.04 Å². The molecule has 1 aliphatic rings. The molecule has 1 aromatic rings. The highest BCUT2D eigenvalue weighted by molar-refractivity contribution is 5.12. The predicted molar refractivity (Wildman–Crippen MR) is 80.3 cm³/mol. The van der Waals surface area contributed by atoms with E-state index >= 15 is 0 Å². The maximum atomic E-state index is 6.01. The zero-order chi connectivity index (χ0) is 13.5. The van der Waals surface area contributed by atoms with E-state index in [9.17, 15) is 0 Å². The molecule has 108 valence electrons. The Kier molecular flexibility index (Phi) is 5.96. The Morgan fingerprint density at radius 3 is 2.37 bits per heavy atom. The van der Waals surface area contributed by atoms with Crippen molar-refractivity contribution in [3.05, 3.63) is 23.7 Å². The number of aryl methyl sites for hydroxylation is 1. The van der Waals surface area contributed by atoms with E-state index in [-0.39, 0.29) is 0 Å². The SMILES string of the molecule is CCNC(c1ccc(CC)o1)C1CCCCCCC1. The predicted octanol–water partition coefficient (Wildman–Crippen LogP) is 4.85. The van der Waals surface area contributed by atoms with Gasteiger partial charge in [-0.3, -0.25) is 0 Å². The number of furan rings is 1. The van der Waals surface area contributed by atoms with Crippen molar-refractivity contribution < 1.29 is 4.42 Å². The lowest BCUT2D eigenvalue weighted by Gasteiger charge is -2.28. The van der Waals surface area contributed by atoms with Gasteiger partial charge in [-0.25, -0.2) is 0 Å². The van der Waals surface area contributed by atoms with Crippen LogP contribution >= 0.6 is 0 Å². The fraction of sp³-hybridized carbons (Fsp3) is 0.765. The van der Waals surface area contributed by atoms with Crippen LogP contribution in [0.3, 0.4) is 0 Å². The van der Waals surface area contributed by atoms with Gasteiger partial charge in [0.1, 0.15) is 11.5 Å². The van der Waals surface area contributed by atoms with E-state index in [2.05, 4.69) is 31.3 Å². The van der Waals surface area contributed by atoms with Crippen molar-refractivity contribution in [1.29, 1.82) is 0 Å². The molecule has 2 nitrogen and oxygen atoms in total. The van der Waals surface area contributed by atoms with Crippen LogP contribution in [0.25, 0.3) is 0 Å². The van der Waals surface area contributed by atoms with Gasteiger partial charge in [0, 0.05) is 6.42 Å². The Morgan fingerprint density at radius 1 is 1.11 bits per heavy atom. The molecule has 0 spiro atoms. The molecule has 0 aromatic carbocycles. The van der Waals surface area contributed by atoms with Gasteiger partial charge in [-0.05, 0) is 37.4 Å². The first-order valence-corrected chi connectivity index (χ1v) is 8.17. The van der Waals surface area contributed by atoms with Gasteiger partial charge >= 0.3 is 0 Å². The van der Waals surface area contributed by atoms with E-state index in [1.165, 1.54) is 44.9 Å². The van der Waals surface area contributed by atoms with Crippen molar-refractivity contribution in [2.75, 3.05) is 6.54 Å². The van der Waals surface area contributed by atoms with E-state index in [1.807, 2.05) is 0 Å². The largest absolute Gasteiger partial charge is 0.464 e. The molecular formula is C17H29NO. The third-order valence-corrected chi connectivity index (χ3v) is 4.38. The molecule has 0 amide bonds. The Bertz CT molecular complexity index is 350. The summed E-state index contributed by atoms with van der Waals surface area (Å²) in [4.78, 5) is 0. The summed E-state index contributed by atoms with van der Waals surface area (Å²) in [6.45, 7) is 5.36. The first kappa shape index (κ1) is 14.6. The lowest BCUT2D eigenvalue weighted by molar-refractivity contribution is 0.257. The van der Waals surface area contributed by atoms with E-state index in [0.717, 1.165) is 30.4 Å². The summed E-state index contributed by atoms with van der Waals surface area (Å²) in [5, 5.41) is 3.66. The van der Waals surface area contributed by atoms with Crippen molar-refractivity contribution >= 4 is 0 Å². The first-order chi connectivity index (χ1) is 9.35. The van der Waals surface area contributed by atoms with Crippen molar-refractivity contribution in [2.24, 2.45) is 5.92 Å². The van der Waals surface area contributed by atoms with Crippen molar-refractivity contribution in [3.63, 3.8) is 0 Å². The monoisotopic (exact) mass is 263 g/mol. The van der Waals surface area contributed by atoms with Gasteiger partial charge < -0.3 is 9.73 Å². The third kappa shape index (κ3) is 4.10. The summed E-state index contributed by atoms with van der Waals surface area (Å²) in [6, 6.07) is 4.75. The highest BCUT2D eigenvalue weighted by atomic mass is 16.3. The van der Waals surface area contributed by atoms with Crippen LogP contribution in [0, 0.1) is 5.92 Å². The van der Waals surface area contributed by atoms with E-state index in [1.54, 1.807) is 0 Å². The quantitative estimate of drug-likeness (QED) is 0.821. The third-order valence-electron chi connectivity index (χ3n) is 4.38. The molecule has 1 unspecified atom stereocenters. The molecule has 1 aromatic heterocycles. The Labute approximate surface area is 118 Å². The number of rotatable bonds is 5. The minimum Gasteiger partial charge on any atom is -0.464 e. The highest BCUT2D eigenvalue weighted by Gasteiger charge is 2.25. The van der Waals surface area contributed by atoms with E-state index in [4.69, 9.17) is 4.42 Å². The van der Waals surface area contributed by atoms with Crippen LogP contribution in [0.15, 0.2) is 16.5 Å². The zero-order valence-corrected chi connectivity index (χ0v) is 12.6. The Morgan fingerprint density at radius 2 is 1.79 bits per heavy atom. The van der Waals surface area contributed by atoms with Crippen molar-refractivity contribution in [1.82, 2.24) is 5.32 Å². The lowest BCUT2D eigenvalue weighted by atomic mass is 9.85. The maximum absolute atomic E-state index is 6.01. The first-order valence-electron chi connectivity index (χ1n) is 8.17. The molecule has 1 fully saturated rings. The molecule has 0 bridgehead atoms. The highest BCUT2D eigenvalue weighted by Crippen LogP contribution is 2.33. The van der Waals surface area contributed by atoms with Crippen LogP contribution in [-0.2, 0) is 6.42 Å². The summed E-state index contributed by atoms with van der Waals surface area (Å²) < 4.78 is 6.01. The van der Waals surface area contributed by atoms with Crippen LogP contribution in [0.2, 0.25) is 0 Å². The average molecular weight is 263 g/mol. The summed E-state index contributed by atoms with van der Waals surface area (Å²) in [5.41, 5.74) is 0. The number of hydrogen-bond acceptors (Lipinski definition) is 2. The Hall–Kier alpha value is -0.760. The second-order valence-corrected chi connectivity index (χ2v) is 5.80. The standard InChI is InChI=1S/C17H29NO/c1-3-15-12-13-16(19-15)17(18-4-2)14-10-8-6-5-7-9-11-14/h12-14,17-18H,3-11H2,1-2H3. The fourth-order valence-electron chi connectivity index (χ4n) is 3.29. The molecule has 1 N–H and O–H groups in total. The molecule has 0 aliphatic heterocycles. The summed E-state index contributed by atoms with van der Waals surface area (Å²) in [5.74, 6) is 3.02. The average Bonchev–Trinajstić information content (AvgIpc) is 2.85. The van der Waals surface area contributed by atoms with Gasteiger partial charge in [-0.2, -0.15) is 0 Å². The molecule has 0 saturated heterocycles. The molecule has 1 saturated carbocycles. The molecule has 1 atom stereocenters. The topological polar surface area (TPSA) is 25.2 Å². The van der Waals surface area contributed by atoms with Gasteiger partial charge in [0.05, 0.1) is 6.04 Å². The van der Waals surface area contributed by atoms with Gasteiger partial charge in [-0.1, -0.05) is 46.0 Å². The van der Waals surface area contributed by atoms with Crippen LogP contribution in [0.4, 0.5) is 0 Å². The van der Waals surface area contributed by atoms with Crippen LogP contribution < -0.4 is 5.32 Å². The van der Waals surface area contributed by atoms with Crippen molar-refractivity contribution in [2.45, 2.75) is 71.3 Å². The van der Waals surface area contributed by atoms with Crippen molar-refractivity contribution in [3.8, 4) is 0 Å². The second kappa shape index (κ2) is 7.74. The van der Waals surface area contributed by atoms with Crippen LogP contribution in [-0.4, -0.2) is 6.54 Å². The summed E-state index contributed by atoms with van der Waals surface area (Å²) >= 11 is 0. The van der Waals surface area contributed by atoms with Crippen LogP contribution in [0.1, 0.15) is 76.4 Å². The summed E-state index contributed by atoms with van der Waals surface area (Å²) in [7, 11) is 0. The van der Waals surface area contributed by atoms with Gasteiger partial charge in [0.15, 0.2) is 0 Å². The molecular weight excluding hydrogens is 234 g/mol.